The first-order valence-corrected chi connectivity index (χ1v) is 10.8. The van der Waals surface area contributed by atoms with E-state index in [0.29, 0.717) is 23.3 Å². The van der Waals surface area contributed by atoms with Crippen LogP contribution in [0.2, 0.25) is 5.02 Å². The van der Waals surface area contributed by atoms with E-state index in [2.05, 4.69) is 20.8 Å². The maximum absolute atomic E-state index is 13.3. The fourth-order valence-corrected chi connectivity index (χ4v) is 4.79. The molecule has 30 heavy (non-hydrogen) atoms. The Labute approximate surface area is 185 Å². The third-order valence-corrected chi connectivity index (χ3v) is 6.46. The molecule has 1 aromatic carbocycles. The smallest absolute Gasteiger partial charge is 0.364 e. The summed E-state index contributed by atoms with van der Waals surface area (Å²) in [4.78, 5) is 19.2. The zero-order chi connectivity index (χ0) is 21.7. The zero-order valence-electron chi connectivity index (χ0n) is 16.0. The van der Waals surface area contributed by atoms with E-state index in [9.17, 15) is 13.7 Å². The van der Waals surface area contributed by atoms with Crippen molar-refractivity contribution in [3.8, 4) is 0 Å². The van der Waals surface area contributed by atoms with Crippen LogP contribution in [0.5, 0.6) is 0 Å². The third kappa shape index (κ3) is 5.65. The van der Waals surface area contributed by atoms with Gasteiger partial charge in [-0.15, -0.1) is 11.3 Å². The molecular weight excluding hydrogens is 456 g/mol. The Hall–Kier alpha value is -2.30. The first-order chi connectivity index (χ1) is 14.3. The van der Waals surface area contributed by atoms with Gasteiger partial charge in [-0.1, -0.05) is 23.4 Å². The number of thiazole rings is 1. The molecule has 0 fully saturated rings. The van der Waals surface area contributed by atoms with Crippen LogP contribution >= 0.6 is 34.7 Å². The number of benzene rings is 1. The molecule has 3 rings (SSSR count). The summed E-state index contributed by atoms with van der Waals surface area (Å²) in [6, 6.07) is 4.45. The summed E-state index contributed by atoms with van der Waals surface area (Å²) in [5.74, 6) is -0.909. The summed E-state index contributed by atoms with van der Waals surface area (Å²) in [7, 11) is 0. The van der Waals surface area contributed by atoms with Crippen molar-refractivity contribution in [2.45, 2.75) is 29.4 Å². The molecule has 1 aliphatic heterocycles. The van der Waals surface area contributed by atoms with Gasteiger partial charge in [0.25, 0.3) is 0 Å². The lowest BCUT2D eigenvalue weighted by Gasteiger charge is -2.20. The van der Waals surface area contributed by atoms with Crippen molar-refractivity contribution in [3.05, 3.63) is 63.7 Å². The molecule has 0 unspecified atom stereocenters. The maximum atomic E-state index is 13.3. The van der Waals surface area contributed by atoms with Crippen LogP contribution in [-0.2, 0) is 20.9 Å². The Morgan fingerprint density at radius 1 is 1.33 bits per heavy atom. The van der Waals surface area contributed by atoms with Crippen LogP contribution in [0.3, 0.4) is 0 Å². The van der Waals surface area contributed by atoms with Crippen LogP contribution in [0.25, 0.3) is 5.70 Å². The summed E-state index contributed by atoms with van der Waals surface area (Å²) >= 11 is 8.32. The Balaban J connectivity index is 1.51. The topological polar surface area (TPSA) is 72.5 Å². The number of rotatable bonds is 8. The van der Waals surface area contributed by atoms with E-state index < -0.39 is 16.5 Å². The van der Waals surface area contributed by atoms with Gasteiger partial charge in [0.1, 0.15) is 10.6 Å². The summed E-state index contributed by atoms with van der Waals surface area (Å²) in [6.07, 6.45) is 4.09. The van der Waals surface area contributed by atoms with Crippen molar-refractivity contribution < 1.29 is 23.4 Å². The standard InChI is InChI=1S/C19H18ClF2N3O3S2/c1-19(2,17(26)28-22)30-18-23-12(10-29-18)7-8-27-16-6-5-15(24-25-16)11-3-4-14(21)13(20)9-11/h3-6,9-10,24-25H,7-8H2,1-2H3. The number of nitrogens with one attached hydrogen (secondary N) is 2. The number of carbonyl (C=O) groups excluding carboxylic acids is 1. The third-order valence-electron chi connectivity index (χ3n) is 4.00. The molecule has 2 aromatic rings. The van der Waals surface area contributed by atoms with Crippen LogP contribution in [0.4, 0.5) is 8.92 Å². The molecule has 0 atom stereocenters. The first kappa shape index (κ1) is 22.4. The van der Waals surface area contributed by atoms with Gasteiger partial charge in [-0.2, -0.15) is 0 Å². The van der Waals surface area contributed by atoms with Gasteiger partial charge in [-0.3, -0.25) is 15.8 Å². The number of hydrogen-bond donors (Lipinski definition) is 2. The van der Waals surface area contributed by atoms with Gasteiger partial charge in [0, 0.05) is 28.0 Å². The summed E-state index contributed by atoms with van der Waals surface area (Å²) < 4.78 is 30.7. The second-order valence-electron chi connectivity index (χ2n) is 6.67. The van der Waals surface area contributed by atoms with Crippen LogP contribution in [0.1, 0.15) is 25.1 Å². The van der Waals surface area contributed by atoms with Crippen LogP contribution in [0.15, 0.2) is 46.0 Å². The molecule has 0 saturated heterocycles. The number of aromatic nitrogens is 1. The molecule has 2 N–H and O–H groups in total. The highest BCUT2D eigenvalue weighted by Crippen LogP contribution is 2.35. The first-order valence-electron chi connectivity index (χ1n) is 8.77. The number of hydrazine groups is 1. The van der Waals surface area contributed by atoms with Crippen molar-refractivity contribution in [3.63, 3.8) is 0 Å². The molecule has 0 saturated carbocycles. The average molecular weight is 474 g/mol. The molecule has 6 nitrogen and oxygen atoms in total. The normalized spacial score (nSPS) is 13.6. The molecule has 0 radical (unpaired) electrons. The number of carbonyl (C=O) groups is 1. The lowest BCUT2D eigenvalue weighted by molar-refractivity contribution is -0.185. The van der Waals surface area contributed by atoms with Crippen molar-refractivity contribution in [2.75, 3.05) is 6.61 Å². The Bertz CT molecular complexity index is 995. The van der Waals surface area contributed by atoms with Gasteiger partial charge in [0.2, 0.25) is 5.88 Å². The molecule has 1 aromatic heterocycles. The van der Waals surface area contributed by atoms with Gasteiger partial charge < -0.3 is 4.74 Å². The Kier molecular flexibility index (Phi) is 7.22. The Morgan fingerprint density at radius 2 is 2.13 bits per heavy atom. The minimum absolute atomic E-state index is 0.0481. The van der Waals surface area contributed by atoms with E-state index in [1.807, 2.05) is 5.38 Å². The van der Waals surface area contributed by atoms with E-state index in [1.165, 1.54) is 23.5 Å². The van der Waals surface area contributed by atoms with E-state index in [4.69, 9.17) is 16.3 Å². The lowest BCUT2D eigenvalue weighted by Crippen LogP contribution is -2.33. The predicted molar refractivity (Wildman–Crippen MR) is 113 cm³/mol. The zero-order valence-corrected chi connectivity index (χ0v) is 18.4. The van der Waals surface area contributed by atoms with Crippen molar-refractivity contribution >= 4 is 46.4 Å². The van der Waals surface area contributed by atoms with Gasteiger partial charge in [-0.25, -0.2) is 14.2 Å². The largest absolute Gasteiger partial charge is 0.478 e. The summed E-state index contributed by atoms with van der Waals surface area (Å²) in [5.41, 5.74) is 8.14. The summed E-state index contributed by atoms with van der Waals surface area (Å²) in [5, 5.41) is 1.91. The highest BCUT2D eigenvalue weighted by atomic mass is 35.5. The van der Waals surface area contributed by atoms with Crippen LogP contribution in [-0.4, -0.2) is 22.3 Å². The van der Waals surface area contributed by atoms with Gasteiger partial charge in [0.05, 0.1) is 23.0 Å². The quantitative estimate of drug-likeness (QED) is 0.534. The number of nitrogens with zero attached hydrogens (tertiary/aromatic N) is 1. The molecular formula is C19H18ClF2N3O3S2. The monoisotopic (exact) mass is 473 g/mol. The predicted octanol–water partition coefficient (Wildman–Crippen LogP) is 4.78. The van der Waals surface area contributed by atoms with E-state index in [1.54, 1.807) is 32.1 Å². The highest BCUT2D eigenvalue weighted by Gasteiger charge is 2.33. The van der Waals surface area contributed by atoms with Gasteiger partial charge >= 0.3 is 5.97 Å². The SMILES string of the molecule is CC(C)(Sc1nc(CCOC2=CC=C(c3ccc(F)c(Cl)c3)NN2)cs1)C(=O)OF. The molecule has 160 valence electrons. The summed E-state index contributed by atoms with van der Waals surface area (Å²) in [6.45, 7) is 3.51. The van der Waals surface area contributed by atoms with Gasteiger partial charge in [-0.05, 0) is 38.1 Å². The minimum atomic E-state index is -1.07. The molecule has 2 heterocycles. The maximum Gasteiger partial charge on any atom is 0.364 e. The lowest BCUT2D eigenvalue weighted by atomic mass is 10.1. The molecule has 0 aliphatic carbocycles. The van der Waals surface area contributed by atoms with Crippen molar-refractivity contribution in [1.82, 2.24) is 15.8 Å². The van der Waals surface area contributed by atoms with Crippen molar-refractivity contribution in [2.24, 2.45) is 0 Å². The molecule has 0 bridgehead atoms. The average Bonchev–Trinajstić information content (AvgIpc) is 3.16. The number of ether oxygens (including phenoxy) is 1. The fraction of sp³-hybridized carbons (Fsp3) is 0.263. The second kappa shape index (κ2) is 9.67. The van der Waals surface area contributed by atoms with Crippen LogP contribution in [0, 0.1) is 5.82 Å². The highest BCUT2D eigenvalue weighted by molar-refractivity contribution is 8.03. The minimum Gasteiger partial charge on any atom is -0.478 e. The molecule has 0 spiro atoms. The van der Waals surface area contributed by atoms with E-state index >= 15 is 0 Å². The van der Waals surface area contributed by atoms with E-state index in [-0.39, 0.29) is 5.02 Å². The van der Waals surface area contributed by atoms with E-state index in [0.717, 1.165) is 28.7 Å². The van der Waals surface area contributed by atoms with Crippen LogP contribution < -0.4 is 10.9 Å². The molecule has 0 amide bonds. The number of allylic oxidation sites excluding steroid dienone is 2. The number of halogens is 3. The number of hydrogen-bond acceptors (Lipinski definition) is 8. The Morgan fingerprint density at radius 3 is 2.80 bits per heavy atom. The molecule has 1 aliphatic rings. The van der Waals surface area contributed by atoms with Gasteiger partial charge in [0.15, 0.2) is 4.34 Å². The second-order valence-corrected chi connectivity index (χ2v) is 9.81. The number of thioether (sulfide) groups is 1. The molecule has 11 heteroatoms. The van der Waals surface area contributed by atoms with Crippen molar-refractivity contribution in [1.29, 1.82) is 0 Å². The fourth-order valence-electron chi connectivity index (χ4n) is 2.36.